The lowest BCUT2D eigenvalue weighted by Gasteiger charge is -2.19. The molecule has 2 rings (SSSR count). The molecular formula is C18H21BrN2O4S. The maximum atomic E-state index is 12.5. The molecule has 0 aliphatic carbocycles. The number of hydrogen-bond donors (Lipinski definition) is 1. The van der Waals surface area contributed by atoms with Crippen molar-refractivity contribution < 1.29 is 17.9 Å². The first-order valence-electron chi connectivity index (χ1n) is 7.91. The highest BCUT2D eigenvalue weighted by molar-refractivity contribution is 9.10. The van der Waals surface area contributed by atoms with E-state index in [-0.39, 0.29) is 24.1 Å². The second kappa shape index (κ2) is 9.27. The summed E-state index contributed by atoms with van der Waals surface area (Å²) in [5.74, 6) is -0.397. The zero-order chi connectivity index (χ0) is 19.2. The third kappa shape index (κ3) is 5.38. The van der Waals surface area contributed by atoms with Crippen molar-refractivity contribution in [2.75, 3.05) is 27.2 Å². The number of benzene rings is 2. The molecule has 26 heavy (non-hydrogen) atoms. The average molecular weight is 441 g/mol. The first-order chi connectivity index (χ1) is 12.3. The Hall–Kier alpha value is -1.74. The molecule has 2 aromatic carbocycles. The number of nitrogens with zero attached hydrogens (tertiary/aromatic N) is 1. The van der Waals surface area contributed by atoms with Gasteiger partial charge >= 0.3 is 0 Å². The van der Waals surface area contributed by atoms with Crippen LogP contribution in [0.1, 0.15) is 11.7 Å². The van der Waals surface area contributed by atoms with Crippen LogP contribution in [0.2, 0.25) is 0 Å². The highest BCUT2D eigenvalue weighted by Crippen LogP contribution is 2.18. The van der Waals surface area contributed by atoms with Crippen LogP contribution in [0.15, 0.2) is 64.0 Å². The first-order valence-corrected chi connectivity index (χ1v) is 10.1. The van der Waals surface area contributed by atoms with Crippen molar-refractivity contribution in [1.29, 1.82) is 0 Å². The van der Waals surface area contributed by atoms with Gasteiger partial charge in [-0.2, -0.15) is 4.31 Å². The van der Waals surface area contributed by atoms with Crippen molar-refractivity contribution in [3.8, 4) is 0 Å². The van der Waals surface area contributed by atoms with Crippen LogP contribution in [0, 0.1) is 0 Å². The predicted octanol–water partition coefficient (Wildman–Crippen LogP) is 2.57. The molecule has 0 spiro atoms. The molecule has 0 bridgehead atoms. The van der Waals surface area contributed by atoms with E-state index in [0.717, 1.165) is 14.3 Å². The van der Waals surface area contributed by atoms with Crippen molar-refractivity contribution in [2.24, 2.45) is 0 Å². The minimum Gasteiger partial charge on any atom is -0.375 e. The normalized spacial score (nSPS) is 12.8. The monoisotopic (exact) mass is 440 g/mol. The fourth-order valence-electron chi connectivity index (χ4n) is 2.34. The molecule has 0 heterocycles. The second-order valence-corrected chi connectivity index (χ2v) is 8.61. The van der Waals surface area contributed by atoms with Crippen LogP contribution in [-0.4, -0.2) is 45.9 Å². The van der Waals surface area contributed by atoms with Crippen molar-refractivity contribution in [1.82, 2.24) is 9.62 Å². The van der Waals surface area contributed by atoms with Gasteiger partial charge < -0.3 is 10.1 Å². The predicted molar refractivity (Wildman–Crippen MR) is 103 cm³/mol. The summed E-state index contributed by atoms with van der Waals surface area (Å²) in [6.07, 6.45) is -0.298. The minimum atomic E-state index is -3.73. The lowest BCUT2D eigenvalue weighted by atomic mass is 10.1. The van der Waals surface area contributed by atoms with Crippen LogP contribution in [0.4, 0.5) is 0 Å². The Balaban J connectivity index is 1.95. The third-order valence-electron chi connectivity index (χ3n) is 3.83. The van der Waals surface area contributed by atoms with E-state index >= 15 is 0 Å². The first kappa shape index (κ1) is 20.6. The van der Waals surface area contributed by atoms with Crippen LogP contribution in [-0.2, 0) is 19.6 Å². The summed E-state index contributed by atoms with van der Waals surface area (Å²) in [6.45, 7) is -0.0187. The molecule has 2 aromatic rings. The lowest BCUT2D eigenvalue weighted by Crippen LogP contribution is -2.39. The Morgan fingerprint density at radius 3 is 2.35 bits per heavy atom. The second-order valence-electron chi connectivity index (χ2n) is 5.65. The number of halogens is 1. The Kier molecular flexibility index (Phi) is 7.33. The molecule has 0 fully saturated rings. The number of carbonyl (C=O) groups is 1. The number of nitrogens with one attached hydrogen (secondary N) is 1. The molecule has 1 N–H and O–H groups in total. The number of rotatable bonds is 8. The molecule has 0 radical (unpaired) electrons. The summed E-state index contributed by atoms with van der Waals surface area (Å²) in [5.41, 5.74) is 0.936. The summed E-state index contributed by atoms with van der Waals surface area (Å²) >= 11 is 3.27. The van der Waals surface area contributed by atoms with Gasteiger partial charge in [-0.15, -0.1) is 0 Å². The lowest BCUT2D eigenvalue weighted by molar-refractivity contribution is -0.121. The zero-order valence-corrected chi connectivity index (χ0v) is 17.0. The largest absolute Gasteiger partial charge is 0.375 e. The van der Waals surface area contributed by atoms with Crippen LogP contribution in [0.5, 0.6) is 0 Å². The zero-order valence-electron chi connectivity index (χ0n) is 14.6. The molecule has 0 aromatic heterocycles. The molecular weight excluding hydrogens is 420 g/mol. The summed E-state index contributed by atoms with van der Waals surface area (Å²) in [5, 5.41) is 2.72. The topological polar surface area (TPSA) is 75.7 Å². The molecule has 140 valence electrons. The number of amides is 1. The molecule has 1 amide bonds. The Labute approximate surface area is 162 Å². The Morgan fingerprint density at radius 1 is 1.15 bits per heavy atom. The fourth-order valence-corrected chi connectivity index (χ4v) is 3.73. The quantitative estimate of drug-likeness (QED) is 0.684. The standard InChI is InChI=1S/C18H21BrN2O4S/c1-21(26(23,24)16-10-8-15(19)9-11-16)13-18(22)20-12-17(25-2)14-6-4-3-5-7-14/h3-11,17H,12-13H2,1-2H3,(H,20,22). The molecule has 0 aliphatic rings. The Morgan fingerprint density at radius 2 is 1.77 bits per heavy atom. The van der Waals surface area contributed by atoms with Crippen molar-refractivity contribution >= 4 is 31.9 Å². The summed E-state index contributed by atoms with van der Waals surface area (Å²) in [7, 11) is -0.786. The van der Waals surface area contributed by atoms with Gasteiger partial charge in [0.1, 0.15) is 0 Å². The maximum Gasteiger partial charge on any atom is 0.243 e. The van der Waals surface area contributed by atoms with Gasteiger partial charge in [0.15, 0.2) is 0 Å². The molecule has 1 unspecified atom stereocenters. The van der Waals surface area contributed by atoms with Crippen LogP contribution in [0.3, 0.4) is 0 Å². The van der Waals surface area contributed by atoms with Crippen LogP contribution < -0.4 is 5.32 Å². The van der Waals surface area contributed by atoms with Gasteiger partial charge in [-0.05, 0) is 29.8 Å². The molecule has 6 nitrogen and oxygen atoms in total. The van der Waals surface area contributed by atoms with E-state index in [9.17, 15) is 13.2 Å². The summed E-state index contributed by atoms with van der Waals surface area (Å²) in [6, 6.07) is 15.8. The van der Waals surface area contributed by atoms with Crippen LogP contribution >= 0.6 is 15.9 Å². The molecule has 8 heteroatoms. The van der Waals surface area contributed by atoms with Gasteiger partial charge in [0, 0.05) is 25.2 Å². The highest BCUT2D eigenvalue weighted by atomic mass is 79.9. The number of ether oxygens (including phenoxy) is 1. The molecule has 0 saturated carbocycles. The van der Waals surface area contributed by atoms with Gasteiger partial charge in [-0.1, -0.05) is 46.3 Å². The van der Waals surface area contributed by atoms with E-state index in [1.54, 1.807) is 19.2 Å². The van der Waals surface area contributed by atoms with Gasteiger partial charge in [0.05, 0.1) is 17.5 Å². The van der Waals surface area contributed by atoms with E-state index in [1.165, 1.54) is 19.2 Å². The van der Waals surface area contributed by atoms with Gasteiger partial charge in [0.25, 0.3) is 0 Å². The van der Waals surface area contributed by atoms with Gasteiger partial charge in [-0.3, -0.25) is 4.79 Å². The highest BCUT2D eigenvalue weighted by Gasteiger charge is 2.23. The molecule has 0 aliphatic heterocycles. The van der Waals surface area contributed by atoms with E-state index in [4.69, 9.17) is 4.74 Å². The molecule has 0 saturated heterocycles. The van der Waals surface area contributed by atoms with E-state index in [1.807, 2.05) is 30.3 Å². The fraction of sp³-hybridized carbons (Fsp3) is 0.278. The summed E-state index contributed by atoms with van der Waals surface area (Å²) in [4.78, 5) is 12.3. The van der Waals surface area contributed by atoms with E-state index < -0.39 is 15.9 Å². The number of methoxy groups -OCH3 is 1. The van der Waals surface area contributed by atoms with E-state index in [2.05, 4.69) is 21.2 Å². The van der Waals surface area contributed by atoms with Crippen molar-refractivity contribution in [3.05, 3.63) is 64.6 Å². The van der Waals surface area contributed by atoms with Crippen molar-refractivity contribution in [3.63, 3.8) is 0 Å². The number of likely N-dealkylation sites (N-methyl/N-ethyl adjacent to an activating group) is 1. The smallest absolute Gasteiger partial charge is 0.243 e. The Bertz CT molecular complexity index is 826. The number of sulfonamides is 1. The summed E-state index contributed by atoms with van der Waals surface area (Å²) < 4.78 is 32.2. The number of carbonyl (C=O) groups excluding carboxylic acids is 1. The number of hydrogen-bond acceptors (Lipinski definition) is 4. The maximum absolute atomic E-state index is 12.5. The molecule has 1 atom stereocenters. The minimum absolute atomic E-state index is 0.134. The van der Waals surface area contributed by atoms with Gasteiger partial charge in [0.2, 0.25) is 15.9 Å². The van der Waals surface area contributed by atoms with Crippen LogP contribution in [0.25, 0.3) is 0 Å². The van der Waals surface area contributed by atoms with Crippen molar-refractivity contribution in [2.45, 2.75) is 11.0 Å². The average Bonchev–Trinajstić information content (AvgIpc) is 2.63. The van der Waals surface area contributed by atoms with E-state index in [0.29, 0.717) is 0 Å². The van der Waals surface area contributed by atoms with Gasteiger partial charge in [-0.25, -0.2) is 8.42 Å². The SMILES string of the molecule is COC(CNC(=O)CN(C)S(=O)(=O)c1ccc(Br)cc1)c1ccccc1. The third-order valence-corrected chi connectivity index (χ3v) is 6.17.